The average Bonchev–Trinajstić information content (AvgIpc) is 2.88. The van der Waals surface area contributed by atoms with Crippen molar-refractivity contribution in [3.8, 4) is 0 Å². The minimum absolute atomic E-state index is 0.0449. The number of nitrogens with zero attached hydrogens (tertiary/aromatic N) is 1. The first-order valence-corrected chi connectivity index (χ1v) is 11.5. The number of hydrogen-bond donors (Lipinski definition) is 1. The van der Waals surface area contributed by atoms with Crippen molar-refractivity contribution in [1.82, 2.24) is 10.2 Å². The molecule has 0 spiro atoms. The lowest BCUT2D eigenvalue weighted by molar-refractivity contribution is -0.131. The van der Waals surface area contributed by atoms with Gasteiger partial charge in [0.25, 0.3) is 5.91 Å². The Labute approximate surface area is 177 Å². The number of nitrogens with one attached hydrogen (secondary N) is 1. The van der Waals surface area contributed by atoms with E-state index in [1.54, 1.807) is 18.3 Å². The van der Waals surface area contributed by atoms with Crippen molar-refractivity contribution < 1.29 is 14.3 Å². The third-order valence-electron chi connectivity index (χ3n) is 5.46. The maximum absolute atomic E-state index is 13.0. The van der Waals surface area contributed by atoms with Gasteiger partial charge >= 0.3 is 0 Å². The van der Waals surface area contributed by atoms with Crippen molar-refractivity contribution in [2.24, 2.45) is 0 Å². The van der Waals surface area contributed by atoms with Crippen molar-refractivity contribution in [1.29, 1.82) is 0 Å². The van der Waals surface area contributed by atoms with Gasteiger partial charge in [-0.3, -0.25) is 9.59 Å². The minimum Gasteiger partial charge on any atom is -0.377 e. The lowest BCUT2D eigenvalue weighted by Gasteiger charge is -2.29. The lowest BCUT2D eigenvalue weighted by Crippen LogP contribution is -2.40. The van der Waals surface area contributed by atoms with Gasteiger partial charge in [0.1, 0.15) is 0 Å². The number of rotatable bonds is 7. The number of likely N-dealkylation sites (tertiary alicyclic amines) is 1. The second-order valence-electron chi connectivity index (χ2n) is 8.00. The van der Waals surface area contributed by atoms with E-state index in [-0.39, 0.29) is 24.0 Å². The van der Waals surface area contributed by atoms with Gasteiger partial charge in [0, 0.05) is 30.8 Å². The summed E-state index contributed by atoms with van der Waals surface area (Å²) in [7, 11) is 0. The number of carbonyl (C=O) groups excluding carboxylic acids is 2. The van der Waals surface area contributed by atoms with E-state index in [4.69, 9.17) is 4.74 Å². The predicted molar refractivity (Wildman–Crippen MR) is 119 cm³/mol. The summed E-state index contributed by atoms with van der Waals surface area (Å²) >= 11 is 1.54. The van der Waals surface area contributed by atoms with Crippen LogP contribution in [0.1, 0.15) is 61.7 Å². The maximum Gasteiger partial charge on any atom is 0.261 e. The molecular weight excluding hydrogens is 384 g/mol. The fourth-order valence-corrected chi connectivity index (χ4v) is 5.21. The van der Waals surface area contributed by atoms with E-state index in [1.807, 2.05) is 30.9 Å². The molecule has 2 aromatic rings. The maximum atomic E-state index is 13.0. The highest BCUT2D eigenvalue weighted by molar-refractivity contribution is 7.21. The first kappa shape index (κ1) is 21.8. The summed E-state index contributed by atoms with van der Waals surface area (Å²) in [5, 5.41) is 4.14. The molecule has 1 saturated heterocycles. The van der Waals surface area contributed by atoms with Gasteiger partial charge in [-0.05, 0) is 50.1 Å². The number of ether oxygens (including phenoxy) is 1. The van der Waals surface area contributed by atoms with Crippen LogP contribution in [0.15, 0.2) is 24.3 Å². The number of fused-ring (bicyclic) bond motifs is 1. The van der Waals surface area contributed by atoms with E-state index < -0.39 is 0 Å². The second-order valence-corrected chi connectivity index (χ2v) is 9.05. The van der Waals surface area contributed by atoms with Crippen molar-refractivity contribution in [3.63, 3.8) is 0 Å². The first-order valence-electron chi connectivity index (χ1n) is 10.6. The fraction of sp³-hybridized carbons (Fsp3) is 0.565. The molecule has 29 heavy (non-hydrogen) atoms. The molecule has 0 saturated carbocycles. The molecule has 1 aliphatic rings. The van der Waals surface area contributed by atoms with Crippen LogP contribution < -0.4 is 5.32 Å². The molecule has 0 radical (unpaired) electrons. The Kier molecular flexibility index (Phi) is 7.67. The van der Waals surface area contributed by atoms with Crippen molar-refractivity contribution in [3.05, 3.63) is 34.7 Å². The van der Waals surface area contributed by atoms with Gasteiger partial charge in [-0.25, -0.2) is 0 Å². The minimum atomic E-state index is -0.0449. The molecule has 158 valence electrons. The molecular formula is C23H32N2O3S. The average molecular weight is 417 g/mol. The van der Waals surface area contributed by atoms with Crippen molar-refractivity contribution >= 4 is 33.2 Å². The Hall–Kier alpha value is -1.92. The summed E-state index contributed by atoms with van der Waals surface area (Å²) < 4.78 is 6.66. The molecule has 3 rings (SSSR count). The molecule has 1 unspecified atom stereocenters. The van der Waals surface area contributed by atoms with Crippen LogP contribution in [0.25, 0.3) is 10.1 Å². The summed E-state index contributed by atoms with van der Waals surface area (Å²) in [4.78, 5) is 28.0. The molecule has 1 N–H and O–H groups in total. The summed E-state index contributed by atoms with van der Waals surface area (Å²) in [5.41, 5.74) is 1.08. The SMILES string of the molecule is CC(=O)N1CCCCCC1Cc1c(C(=O)NCCOC(C)C)sc2ccccc12. The summed E-state index contributed by atoms with van der Waals surface area (Å²) in [6.45, 7) is 7.44. The quantitative estimate of drug-likeness (QED) is 0.681. The monoisotopic (exact) mass is 416 g/mol. The third-order valence-corrected chi connectivity index (χ3v) is 6.68. The fourth-order valence-electron chi connectivity index (χ4n) is 4.06. The van der Waals surface area contributed by atoms with Crippen molar-refractivity contribution in [2.75, 3.05) is 19.7 Å². The molecule has 1 aliphatic heterocycles. The van der Waals surface area contributed by atoms with E-state index in [2.05, 4.69) is 17.4 Å². The van der Waals surface area contributed by atoms with Crippen LogP contribution in [0.2, 0.25) is 0 Å². The Morgan fingerprint density at radius 1 is 1.24 bits per heavy atom. The van der Waals surface area contributed by atoms with Gasteiger partial charge in [0.2, 0.25) is 5.91 Å². The van der Waals surface area contributed by atoms with E-state index in [0.717, 1.165) is 59.2 Å². The summed E-state index contributed by atoms with van der Waals surface area (Å²) in [6, 6.07) is 8.34. The molecule has 1 aromatic carbocycles. The lowest BCUT2D eigenvalue weighted by atomic mass is 9.98. The number of hydrogen-bond acceptors (Lipinski definition) is 4. The molecule has 5 nitrogen and oxygen atoms in total. The highest BCUT2D eigenvalue weighted by Crippen LogP contribution is 2.34. The Morgan fingerprint density at radius 2 is 2.03 bits per heavy atom. The molecule has 2 amide bonds. The number of thiophene rings is 1. The van der Waals surface area contributed by atoms with Gasteiger partial charge < -0.3 is 15.0 Å². The standard InChI is InChI=1S/C23H32N2O3S/c1-16(2)28-14-12-24-23(27)22-20(19-10-6-7-11-21(19)29-22)15-18-9-5-4-8-13-25(18)17(3)26/h6-7,10-11,16,18H,4-5,8-9,12-15H2,1-3H3,(H,24,27). The molecule has 0 aliphatic carbocycles. The van der Waals surface area contributed by atoms with Gasteiger partial charge in [0.15, 0.2) is 0 Å². The van der Waals surface area contributed by atoms with Gasteiger partial charge in [-0.2, -0.15) is 0 Å². The largest absolute Gasteiger partial charge is 0.377 e. The molecule has 1 fully saturated rings. The van der Waals surface area contributed by atoms with Crippen LogP contribution in [-0.4, -0.2) is 48.6 Å². The normalized spacial score (nSPS) is 17.5. The Bertz CT molecular complexity index is 846. The van der Waals surface area contributed by atoms with Crippen LogP contribution >= 0.6 is 11.3 Å². The Balaban J connectivity index is 1.84. The summed E-state index contributed by atoms with van der Waals surface area (Å²) in [5.74, 6) is 0.0878. The predicted octanol–water partition coefficient (Wildman–Crippen LogP) is 4.39. The highest BCUT2D eigenvalue weighted by atomic mass is 32.1. The van der Waals surface area contributed by atoms with Crippen LogP contribution in [-0.2, 0) is 16.0 Å². The molecule has 0 bridgehead atoms. The zero-order valence-corrected chi connectivity index (χ0v) is 18.5. The highest BCUT2D eigenvalue weighted by Gasteiger charge is 2.27. The van der Waals surface area contributed by atoms with Gasteiger partial charge in [0.05, 0.1) is 17.6 Å². The first-order chi connectivity index (χ1) is 14.0. The number of benzene rings is 1. The van der Waals surface area contributed by atoms with Crippen LogP contribution in [0.3, 0.4) is 0 Å². The topological polar surface area (TPSA) is 58.6 Å². The molecule has 1 atom stereocenters. The van der Waals surface area contributed by atoms with E-state index >= 15 is 0 Å². The second kappa shape index (κ2) is 10.2. The summed E-state index contributed by atoms with van der Waals surface area (Å²) in [6.07, 6.45) is 5.23. The zero-order valence-electron chi connectivity index (χ0n) is 17.7. The number of carbonyl (C=O) groups is 2. The Morgan fingerprint density at radius 3 is 2.79 bits per heavy atom. The zero-order chi connectivity index (χ0) is 20.8. The smallest absolute Gasteiger partial charge is 0.261 e. The van der Waals surface area contributed by atoms with Crippen molar-refractivity contribution in [2.45, 2.75) is 65.0 Å². The van der Waals surface area contributed by atoms with Crippen LogP contribution in [0, 0.1) is 0 Å². The molecule has 2 heterocycles. The van der Waals surface area contributed by atoms with E-state index in [0.29, 0.717) is 13.2 Å². The third kappa shape index (κ3) is 5.58. The van der Waals surface area contributed by atoms with E-state index in [1.165, 1.54) is 0 Å². The van der Waals surface area contributed by atoms with Crippen LogP contribution in [0.4, 0.5) is 0 Å². The molecule has 6 heteroatoms. The van der Waals surface area contributed by atoms with Gasteiger partial charge in [-0.1, -0.05) is 31.0 Å². The van der Waals surface area contributed by atoms with Crippen LogP contribution in [0.5, 0.6) is 0 Å². The number of amides is 2. The van der Waals surface area contributed by atoms with Gasteiger partial charge in [-0.15, -0.1) is 11.3 Å². The van der Waals surface area contributed by atoms with E-state index in [9.17, 15) is 9.59 Å². The molecule has 1 aromatic heterocycles.